The van der Waals surface area contributed by atoms with Gasteiger partial charge < -0.3 is 5.11 Å². The van der Waals surface area contributed by atoms with E-state index >= 15 is 0 Å². The molecule has 1 aromatic carbocycles. The van der Waals surface area contributed by atoms with Crippen molar-refractivity contribution < 1.29 is 5.11 Å². The number of pyridine rings is 1. The Bertz CT molecular complexity index is 505. The van der Waals surface area contributed by atoms with Crippen LogP contribution >= 0.6 is 0 Å². The zero-order valence-corrected chi connectivity index (χ0v) is 9.13. The van der Waals surface area contributed by atoms with Crippen LogP contribution in [0, 0.1) is 5.92 Å². The SMILES string of the molecule is OC(c1cnc2ccccc2c1)C1CCC1. The molecule has 1 saturated carbocycles. The zero-order valence-electron chi connectivity index (χ0n) is 9.13. The molecule has 3 rings (SSSR count). The number of rotatable bonds is 2. The smallest absolute Gasteiger partial charge is 0.0833 e. The lowest BCUT2D eigenvalue weighted by Gasteiger charge is -2.30. The molecule has 1 heterocycles. The third kappa shape index (κ3) is 1.59. The van der Waals surface area contributed by atoms with Gasteiger partial charge >= 0.3 is 0 Å². The lowest BCUT2D eigenvalue weighted by molar-refractivity contribution is 0.0619. The van der Waals surface area contributed by atoms with Crippen molar-refractivity contribution in [1.82, 2.24) is 4.98 Å². The quantitative estimate of drug-likeness (QED) is 0.831. The van der Waals surface area contributed by atoms with E-state index < -0.39 is 0 Å². The first-order valence-electron chi connectivity index (χ1n) is 5.87. The maximum absolute atomic E-state index is 10.2. The fraction of sp³-hybridized carbons (Fsp3) is 0.357. The average molecular weight is 213 g/mol. The van der Waals surface area contributed by atoms with Crippen LogP contribution in [0.4, 0.5) is 0 Å². The van der Waals surface area contributed by atoms with Gasteiger partial charge in [0.25, 0.3) is 0 Å². The van der Waals surface area contributed by atoms with Crippen molar-refractivity contribution in [2.45, 2.75) is 25.4 Å². The molecule has 0 radical (unpaired) electrons. The van der Waals surface area contributed by atoms with E-state index in [1.807, 2.05) is 30.5 Å². The zero-order chi connectivity index (χ0) is 11.0. The van der Waals surface area contributed by atoms with Gasteiger partial charge in [-0.1, -0.05) is 24.6 Å². The highest BCUT2D eigenvalue weighted by molar-refractivity contribution is 5.78. The highest BCUT2D eigenvalue weighted by Crippen LogP contribution is 2.37. The number of fused-ring (bicyclic) bond motifs is 1. The Balaban J connectivity index is 1.97. The van der Waals surface area contributed by atoms with Crippen LogP contribution < -0.4 is 0 Å². The number of hydrogen-bond donors (Lipinski definition) is 1. The summed E-state index contributed by atoms with van der Waals surface area (Å²) in [7, 11) is 0. The number of aromatic nitrogens is 1. The first-order valence-corrected chi connectivity index (χ1v) is 5.87. The van der Waals surface area contributed by atoms with E-state index in [4.69, 9.17) is 0 Å². The first kappa shape index (κ1) is 9.79. The monoisotopic (exact) mass is 213 g/mol. The molecule has 2 heteroatoms. The summed E-state index contributed by atoms with van der Waals surface area (Å²) >= 11 is 0. The molecule has 0 spiro atoms. The van der Waals surface area contributed by atoms with Crippen LogP contribution in [0.15, 0.2) is 36.5 Å². The van der Waals surface area contributed by atoms with Gasteiger partial charge in [0.05, 0.1) is 11.6 Å². The summed E-state index contributed by atoms with van der Waals surface area (Å²) in [5, 5.41) is 11.3. The Morgan fingerprint density at radius 3 is 2.81 bits per heavy atom. The molecule has 1 fully saturated rings. The van der Waals surface area contributed by atoms with E-state index in [0.717, 1.165) is 29.3 Å². The van der Waals surface area contributed by atoms with E-state index in [1.165, 1.54) is 6.42 Å². The Morgan fingerprint density at radius 2 is 2.06 bits per heavy atom. The Morgan fingerprint density at radius 1 is 1.25 bits per heavy atom. The normalized spacial score (nSPS) is 18.3. The van der Waals surface area contributed by atoms with Gasteiger partial charge in [-0.05, 0) is 36.5 Å². The fourth-order valence-electron chi connectivity index (χ4n) is 2.28. The van der Waals surface area contributed by atoms with Gasteiger partial charge in [0.1, 0.15) is 0 Å². The largest absolute Gasteiger partial charge is 0.388 e. The molecule has 2 nitrogen and oxygen atoms in total. The van der Waals surface area contributed by atoms with Crippen molar-refractivity contribution in [3.05, 3.63) is 42.1 Å². The summed E-state index contributed by atoms with van der Waals surface area (Å²) in [4.78, 5) is 4.38. The molecule has 0 bridgehead atoms. The molecule has 16 heavy (non-hydrogen) atoms. The first-order chi connectivity index (χ1) is 7.84. The van der Waals surface area contributed by atoms with Gasteiger partial charge in [0.2, 0.25) is 0 Å². The van der Waals surface area contributed by atoms with Crippen molar-refractivity contribution >= 4 is 10.9 Å². The van der Waals surface area contributed by atoms with E-state index in [9.17, 15) is 5.11 Å². The standard InChI is InChI=1S/C14H15NO/c16-14(10-5-3-6-10)12-8-11-4-1-2-7-13(11)15-9-12/h1-2,4,7-10,14,16H,3,5-6H2. The van der Waals surface area contributed by atoms with Crippen LogP contribution in [-0.4, -0.2) is 10.1 Å². The van der Waals surface area contributed by atoms with Gasteiger partial charge in [0, 0.05) is 11.6 Å². The second-order valence-corrected chi connectivity index (χ2v) is 4.60. The highest BCUT2D eigenvalue weighted by atomic mass is 16.3. The molecule has 1 unspecified atom stereocenters. The van der Waals surface area contributed by atoms with Crippen molar-refractivity contribution in [3.8, 4) is 0 Å². The molecule has 1 aromatic heterocycles. The van der Waals surface area contributed by atoms with Crippen LogP contribution in [0.2, 0.25) is 0 Å². The number of benzene rings is 1. The molecular weight excluding hydrogens is 198 g/mol. The minimum Gasteiger partial charge on any atom is -0.388 e. The van der Waals surface area contributed by atoms with Crippen molar-refractivity contribution in [3.63, 3.8) is 0 Å². The Kier molecular flexibility index (Phi) is 2.37. The molecule has 82 valence electrons. The summed E-state index contributed by atoms with van der Waals surface area (Å²) in [5.74, 6) is 0.447. The topological polar surface area (TPSA) is 33.1 Å². The number of nitrogens with zero attached hydrogens (tertiary/aromatic N) is 1. The van der Waals surface area contributed by atoms with Crippen LogP contribution in [0.25, 0.3) is 10.9 Å². The molecule has 2 aromatic rings. The summed E-state index contributed by atoms with van der Waals surface area (Å²) in [6.07, 6.45) is 5.03. The van der Waals surface area contributed by atoms with Crippen LogP contribution in [0.3, 0.4) is 0 Å². The lowest BCUT2D eigenvalue weighted by Crippen LogP contribution is -2.20. The predicted molar refractivity (Wildman–Crippen MR) is 64.0 cm³/mol. The van der Waals surface area contributed by atoms with Crippen molar-refractivity contribution in [2.75, 3.05) is 0 Å². The minimum atomic E-state index is -0.328. The van der Waals surface area contributed by atoms with Gasteiger partial charge in [0.15, 0.2) is 0 Å². The Labute approximate surface area is 94.9 Å². The maximum Gasteiger partial charge on any atom is 0.0833 e. The molecule has 1 atom stereocenters. The van der Waals surface area contributed by atoms with Gasteiger partial charge in [-0.15, -0.1) is 0 Å². The van der Waals surface area contributed by atoms with Gasteiger partial charge in [-0.25, -0.2) is 0 Å². The third-order valence-electron chi connectivity index (χ3n) is 3.55. The highest BCUT2D eigenvalue weighted by Gasteiger charge is 2.26. The second-order valence-electron chi connectivity index (χ2n) is 4.60. The molecule has 1 aliphatic rings. The molecular formula is C14H15NO. The number of aliphatic hydroxyl groups excluding tert-OH is 1. The summed E-state index contributed by atoms with van der Waals surface area (Å²) < 4.78 is 0. The van der Waals surface area contributed by atoms with Crippen LogP contribution in [0.1, 0.15) is 30.9 Å². The lowest BCUT2D eigenvalue weighted by atomic mass is 9.79. The number of aliphatic hydroxyl groups is 1. The van der Waals surface area contributed by atoms with Crippen LogP contribution in [-0.2, 0) is 0 Å². The number of hydrogen-bond acceptors (Lipinski definition) is 2. The summed E-state index contributed by atoms with van der Waals surface area (Å²) in [6, 6.07) is 10.1. The molecule has 0 amide bonds. The van der Waals surface area contributed by atoms with E-state index in [0.29, 0.717) is 5.92 Å². The average Bonchev–Trinajstić information content (AvgIpc) is 2.26. The minimum absolute atomic E-state index is 0.328. The molecule has 0 saturated heterocycles. The summed E-state index contributed by atoms with van der Waals surface area (Å²) in [6.45, 7) is 0. The summed E-state index contributed by atoms with van der Waals surface area (Å²) in [5.41, 5.74) is 1.95. The Hall–Kier alpha value is -1.41. The second kappa shape index (κ2) is 3.87. The number of para-hydroxylation sites is 1. The third-order valence-corrected chi connectivity index (χ3v) is 3.55. The fourth-order valence-corrected chi connectivity index (χ4v) is 2.28. The molecule has 0 aliphatic heterocycles. The maximum atomic E-state index is 10.2. The molecule has 1 N–H and O–H groups in total. The van der Waals surface area contributed by atoms with Gasteiger partial charge in [-0.3, -0.25) is 4.98 Å². The van der Waals surface area contributed by atoms with Gasteiger partial charge in [-0.2, -0.15) is 0 Å². The van der Waals surface area contributed by atoms with E-state index in [2.05, 4.69) is 11.1 Å². The molecule has 1 aliphatic carbocycles. The predicted octanol–water partition coefficient (Wildman–Crippen LogP) is 3.07. The van der Waals surface area contributed by atoms with E-state index in [-0.39, 0.29) is 6.10 Å². The van der Waals surface area contributed by atoms with E-state index in [1.54, 1.807) is 0 Å². The van der Waals surface area contributed by atoms with Crippen molar-refractivity contribution in [1.29, 1.82) is 0 Å². The van der Waals surface area contributed by atoms with Crippen molar-refractivity contribution in [2.24, 2.45) is 5.92 Å². The van der Waals surface area contributed by atoms with Crippen LogP contribution in [0.5, 0.6) is 0 Å².